The summed E-state index contributed by atoms with van der Waals surface area (Å²) >= 11 is 3.33. The van der Waals surface area contributed by atoms with E-state index in [1.165, 1.54) is 30.7 Å². The van der Waals surface area contributed by atoms with E-state index in [-0.39, 0.29) is 5.91 Å². The van der Waals surface area contributed by atoms with Crippen molar-refractivity contribution in [2.45, 2.75) is 19.4 Å². The summed E-state index contributed by atoms with van der Waals surface area (Å²) in [4.78, 5) is 16.7. The molecule has 3 rings (SSSR count). The lowest BCUT2D eigenvalue weighted by molar-refractivity contribution is 0.0784. The van der Waals surface area contributed by atoms with Gasteiger partial charge in [-0.05, 0) is 58.6 Å². The minimum Gasteiger partial charge on any atom is -0.371 e. The normalized spacial score (nSPS) is 14.0. The number of carbonyl (C=O) groups is 1. The average Bonchev–Trinajstić information content (AvgIpc) is 3.11. The van der Waals surface area contributed by atoms with Crippen molar-refractivity contribution in [2.24, 2.45) is 0 Å². The van der Waals surface area contributed by atoms with Gasteiger partial charge in [0.25, 0.3) is 5.91 Å². The van der Waals surface area contributed by atoms with Gasteiger partial charge in [-0.15, -0.1) is 0 Å². The Bertz CT molecular complexity index is 744. The van der Waals surface area contributed by atoms with Crippen molar-refractivity contribution in [1.82, 2.24) is 4.90 Å². The fraction of sp³-hybridized carbons (Fsp3) is 0.316. The molecule has 0 bridgehead atoms. The van der Waals surface area contributed by atoms with E-state index in [0.717, 1.165) is 18.7 Å². The smallest absolute Gasteiger partial charge is 0.255 e. The summed E-state index contributed by atoms with van der Waals surface area (Å²) in [6, 6.07) is 12.4. The lowest BCUT2D eigenvalue weighted by Crippen LogP contribution is -2.28. The molecule has 1 aliphatic heterocycles. The average molecular weight is 391 g/mol. The first-order chi connectivity index (χ1) is 11.6. The maximum atomic E-state index is 13.5. The lowest BCUT2D eigenvalue weighted by Gasteiger charge is -2.24. The predicted octanol–water partition coefficient (Wildman–Crippen LogP) is 4.46. The van der Waals surface area contributed by atoms with Gasteiger partial charge >= 0.3 is 0 Å². The molecule has 1 fully saturated rings. The van der Waals surface area contributed by atoms with Crippen LogP contribution in [0.5, 0.6) is 0 Å². The topological polar surface area (TPSA) is 23.6 Å². The fourth-order valence-corrected chi connectivity index (χ4v) is 3.52. The van der Waals surface area contributed by atoms with Gasteiger partial charge in [0.1, 0.15) is 5.82 Å². The van der Waals surface area contributed by atoms with E-state index >= 15 is 0 Å². The molecule has 126 valence electrons. The number of halogens is 2. The number of para-hydroxylation sites is 1. The van der Waals surface area contributed by atoms with Gasteiger partial charge in [-0.2, -0.15) is 0 Å². The Hall–Kier alpha value is -1.88. The molecule has 1 heterocycles. The fourth-order valence-electron chi connectivity index (χ4n) is 3.11. The summed E-state index contributed by atoms with van der Waals surface area (Å²) < 4.78 is 14.1. The first-order valence-corrected chi connectivity index (χ1v) is 8.89. The van der Waals surface area contributed by atoms with Gasteiger partial charge in [0.05, 0.1) is 5.56 Å². The van der Waals surface area contributed by atoms with Gasteiger partial charge in [-0.3, -0.25) is 4.79 Å². The molecular weight excluding hydrogens is 371 g/mol. The van der Waals surface area contributed by atoms with Crippen molar-refractivity contribution in [1.29, 1.82) is 0 Å². The zero-order chi connectivity index (χ0) is 17.1. The second kappa shape index (κ2) is 7.34. The third kappa shape index (κ3) is 3.61. The number of hydrogen-bond acceptors (Lipinski definition) is 2. The van der Waals surface area contributed by atoms with Crippen molar-refractivity contribution < 1.29 is 9.18 Å². The molecule has 24 heavy (non-hydrogen) atoms. The number of amides is 1. The Morgan fingerprint density at radius 1 is 1.21 bits per heavy atom. The quantitative estimate of drug-likeness (QED) is 0.769. The van der Waals surface area contributed by atoms with Crippen LogP contribution < -0.4 is 4.90 Å². The Morgan fingerprint density at radius 2 is 1.92 bits per heavy atom. The van der Waals surface area contributed by atoms with E-state index in [1.54, 1.807) is 18.0 Å². The molecule has 1 saturated heterocycles. The molecule has 0 aromatic heterocycles. The van der Waals surface area contributed by atoms with Crippen molar-refractivity contribution in [3.05, 3.63) is 63.9 Å². The van der Waals surface area contributed by atoms with E-state index in [1.807, 2.05) is 12.1 Å². The van der Waals surface area contributed by atoms with Crippen LogP contribution in [0.4, 0.5) is 10.1 Å². The molecule has 0 saturated carbocycles. The van der Waals surface area contributed by atoms with E-state index in [9.17, 15) is 9.18 Å². The molecule has 0 aliphatic carbocycles. The first kappa shape index (κ1) is 17.0. The summed E-state index contributed by atoms with van der Waals surface area (Å²) in [7, 11) is 1.75. The highest BCUT2D eigenvalue weighted by molar-refractivity contribution is 9.10. The molecule has 1 amide bonds. The van der Waals surface area contributed by atoms with Crippen molar-refractivity contribution >= 4 is 27.5 Å². The molecule has 0 spiro atoms. The van der Waals surface area contributed by atoms with Gasteiger partial charge in [0, 0.05) is 36.8 Å². The first-order valence-electron chi connectivity index (χ1n) is 8.09. The molecule has 0 unspecified atom stereocenters. The molecular formula is C19H20BrFN2O. The Morgan fingerprint density at radius 3 is 2.67 bits per heavy atom. The van der Waals surface area contributed by atoms with E-state index in [2.05, 4.69) is 33.0 Å². The second-order valence-corrected chi connectivity index (χ2v) is 6.96. The number of hydrogen-bond donors (Lipinski definition) is 0. The summed E-state index contributed by atoms with van der Waals surface area (Å²) in [5.74, 6) is -0.606. The zero-order valence-corrected chi connectivity index (χ0v) is 15.2. The number of nitrogens with zero attached hydrogens (tertiary/aromatic N) is 2. The third-order valence-electron chi connectivity index (χ3n) is 4.35. The number of benzene rings is 2. The molecule has 5 heteroatoms. The van der Waals surface area contributed by atoms with Gasteiger partial charge in [-0.25, -0.2) is 4.39 Å². The van der Waals surface area contributed by atoms with E-state index in [4.69, 9.17) is 0 Å². The van der Waals surface area contributed by atoms with Crippen LogP contribution in [0.1, 0.15) is 28.8 Å². The molecule has 0 atom stereocenters. The summed E-state index contributed by atoms with van der Waals surface area (Å²) in [5, 5.41) is 0. The van der Waals surface area contributed by atoms with Crippen LogP contribution in [0.3, 0.4) is 0 Å². The van der Waals surface area contributed by atoms with Gasteiger partial charge in [0.2, 0.25) is 0 Å². The largest absolute Gasteiger partial charge is 0.371 e. The lowest BCUT2D eigenvalue weighted by atomic mass is 10.1. The minimum atomic E-state index is -0.410. The Labute approximate surface area is 150 Å². The molecule has 0 radical (unpaired) electrons. The van der Waals surface area contributed by atoms with Crippen LogP contribution in [-0.4, -0.2) is 30.9 Å². The SMILES string of the molecule is CN(Cc1ccccc1N1CCCC1)C(=O)c1cc(F)ccc1Br. The molecule has 0 N–H and O–H groups in total. The number of anilines is 1. The van der Waals surface area contributed by atoms with Crippen molar-refractivity contribution in [3.63, 3.8) is 0 Å². The maximum absolute atomic E-state index is 13.5. The molecule has 1 aliphatic rings. The monoisotopic (exact) mass is 390 g/mol. The van der Waals surface area contributed by atoms with Gasteiger partial charge < -0.3 is 9.80 Å². The van der Waals surface area contributed by atoms with Gasteiger partial charge in [0.15, 0.2) is 0 Å². The number of carbonyl (C=O) groups excluding carboxylic acids is 1. The standard InChI is InChI=1S/C19H20BrFN2O/c1-22(19(24)16-12-15(21)8-9-17(16)20)13-14-6-2-3-7-18(14)23-10-4-5-11-23/h2-3,6-9,12H,4-5,10-11,13H2,1H3. The number of rotatable bonds is 4. The maximum Gasteiger partial charge on any atom is 0.255 e. The summed E-state index contributed by atoms with van der Waals surface area (Å²) in [5.41, 5.74) is 2.65. The van der Waals surface area contributed by atoms with Crippen LogP contribution in [0.2, 0.25) is 0 Å². The summed E-state index contributed by atoms with van der Waals surface area (Å²) in [6.07, 6.45) is 2.42. The zero-order valence-electron chi connectivity index (χ0n) is 13.6. The van der Waals surface area contributed by atoms with E-state index in [0.29, 0.717) is 16.6 Å². The Kier molecular flexibility index (Phi) is 5.19. The van der Waals surface area contributed by atoms with Crippen LogP contribution >= 0.6 is 15.9 Å². The van der Waals surface area contributed by atoms with Crippen molar-refractivity contribution in [3.8, 4) is 0 Å². The highest BCUT2D eigenvalue weighted by Gasteiger charge is 2.19. The van der Waals surface area contributed by atoms with Gasteiger partial charge in [-0.1, -0.05) is 18.2 Å². The summed E-state index contributed by atoms with van der Waals surface area (Å²) in [6.45, 7) is 2.61. The van der Waals surface area contributed by atoms with Crippen molar-refractivity contribution in [2.75, 3.05) is 25.0 Å². The van der Waals surface area contributed by atoms with Crippen LogP contribution in [0.25, 0.3) is 0 Å². The van der Waals surface area contributed by atoms with Crippen LogP contribution in [-0.2, 0) is 6.54 Å². The highest BCUT2D eigenvalue weighted by Crippen LogP contribution is 2.26. The molecule has 3 nitrogen and oxygen atoms in total. The molecule has 2 aromatic carbocycles. The minimum absolute atomic E-state index is 0.197. The molecule has 2 aromatic rings. The van der Waals surface area contributed by atoms with Crippen LogP contribution in [0.15, 0.2) is 46.9 Å². The highest BCUT2D eigenvalue weighted by atomic mass is 79.9. The van der Waals surface area contributed by atoms with Crippen LogP contribution in [0, 0.1) is 5.82 Å². The predicted molar refractivity (Wildman–Crippen MR) is 97.8 cm³/mol. The third-order valence-corrected chi connectivity index (χ3v) is 5.04. The van der Waals surface area contributed by atoms with E-state index < -0.39 is 5.82 Å². The second-order valence-electron chi connectivity index (χ2n) is 6.11. The Balaban J connectivity index is 1.81.